The number of rotatable bonds is 7. The second-order valence-corrected chi connectivity index (χ2v) is 6.27. The molecule has 2 rings (SSSR count). The smallest absolute Gasteiger partial charge is 0.238 e. The molecule has 0 aliphatic carbocycles. The minimum atomic E-state index is -1.68. The fraction of sp³-hybridized carbons (Fsp3) is 0.222. The van der Waals surface area contributed by atoms with Gasteiger partial charge in [-0.1, -0.05) is 11.6 Å². The number of amides is 2. The molecule has 0 fully saturated rings. The van der Waals surface area contributed by atoms with Gasteiger partial charge < -0.3 is 15.4 Å². The molecule has 0 aliphatic heterocycles. The number of likely N-dealkylation sites (N-methyl/N-ethyl adjacent to an activating group) is 1. The number of ether oxygens (including phenoxy) is 1. The zero-order valence-corrected chi connectivity index (χ0v) is 15.7. The summed E-state index contributed by atoms with van der Waals surface area (Å²) in [6.07, 6.45) is 0. The Morgan fingerprint density at radius 2 is 1.61 bits per heavy atom. The monoisotopic (exact) mass is 415 g/mol. The molecule has 2 N–H and O–H groups in total. The second-order valence-electron chi connectivity index (χ2n) is 5.84. The molecule has 0 saturated carbocycles. The normalized spacial score (nSPS) is 10.7. The van der Waals surface area contributed by atoms with Crippen LogP contribution in [0.1, 0.15) is 0 Å². The summed E-state index contributed by atoms with van der Waals surface area (Å²) in [6, 6.07) is 6.31. The maximum Gasteiger partial charge on any atom is 0.238 e. The first-order valence-electron chi connectivity index (χ1n) is 7.96. The van der Waals surface area contributed by atoms with Crippen LogP contribution in [-0.4, -0.2) is 44.0 Å². The molecule has 2 aromatic rings. The fourth-order valence-corrected chi connectivity index (χ4v) is 2.50. The van der Waals surface area contributed by atoms with Gasteiger partial charge in [0.2, 0.25) is 11.8 Å². The van der Waals surface area contributed by atoms with Crippen molar-refractivity contribution in [2.24, 2.45) is 0 Å². The Balaban J connectivity index is 1.92. The zero-order valence-electron chi connectivity index (χ0n) is 15.0. The molecule has 0 aliphatic rings. The lowest BCUT2D eigenvalue weighted by molar-refractivity contribution is -0.119. The van der Waals surface area contributed by atoms with Crippen LogP contribution < -0.4 is 15.4 Å². The highest BCUT2D eigenvalue weighted by atomic mass is 35.5. The van der Waals surface area contributed by atoms with Crippen LogP contribution in [-0.2, 0) is 9.59 Å². The molecule has 0 aromatic heterocycles. The van der Waals surface area contributed by atoms with Crippen molar-refractivity contribution in [3.8, 4) is 5.75 Å². The third-order valence-corrected chi connectivity index (χ3v) is 3.81. The molecule has 0 bridgehead atoms. The third-order valence-electron chi connectivity index (χ3n) is 3.57. The molecule has 0 radical (unpaired) electrons. The van der Waals surface area contributed by atoms with Crippen LogP contribution in [0.25, 0.3) is 0 Å². The van der Waals surface area contributed by atoms with Crippen LogP contribution in [0.4, 0.5) is 24.5 Å². The highest BCUT2D eigenvalue weighted by Crippen LogP contribution is 2.27. The average molecular weight is 416 g/mol. The van der Waals surface area contributed by atoms with Gasteiger partial charge in [-0.3, -0.25) is 14.5 Å². The van der Waals surface area contributed by atoms with E-state index in [0.717, 1.165) is 6.07 Å². The maximum absolute atomic E-state index is 13.6. The Morgan fingerprint density at radius 3 is 2.21 bits per heavy atom. The Kier molecular flexibility index (Phi) is 7.24. The van der Waals surface area contributed by atoms with Crippen molar-refractivity contribution in [2.75, 3.05) is 37.9 Å². The van der Waals surface area contributed by atoms with Gasteiger partial charge in [-0.05, 0) is 37.4 Å². The molecule has 0 heterocycles. The van der Waals surface area contributed by atoms with E-state index in [1.165, 1.54) is 25.1 Å². The van der Waals surface area contributed by atoms with Crippen molar-refractivity contribution in [1.82, 2.24) is 4.90 Å². The van der Waals surface area contributed by atoms with Gasteiger partial charge in [0.25, 0.3) is 0 Å². The lowest BCUT2D eigenvalue weighted by Gasteiger charge is -2.17. The first-order valence-corrected chi connectivity index (χ1v) is 8.34. The van der Waals surface area contributed by atoms with E-state index >= 15 is 0 Å². The highest BCUT2D eigenvalue weighted by molar-refractivity contribution is 6.31. The summed E-state index contributed by atoms with van der Waals surface area (Å²) < 4.78 is 44.8. The third kappa shape index (κ3) is 5.61. The molecule has 150 valence electrons. The van der Waals surface area contributed by atoms with Crippen LogP contribution >= 0.6 is 11.6 Å². The number of methoxy groups -OCH3 is 1. The Morgan fingerprint density at radius 1 is 1.00 bits per heavy atom. The van der Waals surface area contributed by atoms with Crippen LogP contribution in [0.2, 0.25) is 5.02 Å². The van der Waals surface area contributed by atoms with Gasteiger partial charge in [0.05, 0.1) is 31.6 Å². The van der Waals surface area contributed by atoms with Crippen molar-refractivity contribution in [3.63, 3.8) is 0 Å². The molecule has 10 heteroatoms. The largest absolute Gasteiger partial charge is 0.495 e. The molecule has 0 unspecified atom stereocenters. The number of nitrogens with zero attached hydrogens (tertiary/aromatic N) is 1. The molecule has 28 heavy (non-hydrogen) atoms. The van der Waals surface area contributed by atoms with Crippen molar-refractivity contribution in [2.45, 2.75) is 0 Å². The van der Waals surface area contributed by atoms with E-state index in [4.69, 9.17) is 16.3 Å². The Labute approximate surface area is 164 Å². The van der Waals surface area contributed by atoms with E-state index in [2.05, 4.69) is 10.6 Å². The quantitative estimate of drug-likeness (QED) is 0.681. The molecule has 0 atom stereocenters. The number of anilines is 2. The molecule has 6 nitrogen and oxygen atoms in total. The molecule has 0 spiro atoms. The molecular formula is C18H17ClF3N3O3. The topological polar surface area (TPSA) is 70.7 Å². The van der Waals surface area contributed by atoms with Gasteiger partial charge in [-0.15, -0.1) is 0 Å². The van der Waals surface area contributed by atoms with Gasteiger partial charge in [0.15, 0.2) is 17.5 Å². The van der Waals surface area contributed by atoms with E-state index in [1.807, 2.05) is 0 Å². The zero-order chi connectivity index (χ0) is 20.8. The number of halogens is 4. The van der Waals surface area contributed by atoms with Crippen LogP contribution in [0, 0.1) is 17.5 Å². The summed E-state index contributed by atoms with van der Waals surface area (Å²) in [7, 11) is 2.92. The van der Waals surface area contributed by atoms with E-state index in [0.29, 0.717) is 22.5 Å². The summed E-state index contributed by atoms with van der Waals surface area (Å²) in [6.45, 7) is -0.470. The van der Waals surface area contributed by atoms with Gasteiger partial charge >= 0.3 is 0 Å². The first kappa shape index (κ1) is 21.5. The average Bonchev–Trinajstić information content (AvgIpc) is 2.62. The van der Waals surface area contributed by atoms with Gasteiger partial charge in [0.1, 0.15) is 5.75 Å². The Hall–Kier alpha value is -2.78. The van der Waals surface area contributed by atoms with Crippen molar-refractivity contribution < 1.29 is 27.5 Å². The van der Waals surface area contributed by atoms with Gasteiger partial charge in [-0.25, -0.2) is 13.2 Å². The summed E-state index contributed by atoms with van der Waals surface area (Å²) in [5, 5.41) is 5.13. The lowest BCUT2D eigenvalue weighted by atomic mass is 10.2. The van der Waals surface area contributed by atoms with Crippen LogP contribution in [0.3, 0.4) is 0 Å². The second kappa shape index (κ2) is 9.43. The summed E-state index contributed by atoms with van der Waals surface area (Å²) in [4.78, 5) is 25.4. The molecular weight excluding hydrogens is 399 g/mol. The van der Waals surface area contributed by atoms with Crippen LogP contribution in [0.15, 0.2) is 30.3 Å². The minimum Gasteiger partial charge on any atom is -0.495 e. The fourth-order valence-electron chi connectivity index (χ4n) is 2.33. The molecule has 0 saturated heterocycles. The lowest BCUT2D eigenvalue weighted by Crippen LogP contribution is -2.36. The summed E-state index contributed by atoms with van der Waals surface area (Å²) in [5.41, 5.74) is -0.132. The van der Waals surface area contributed by atoms with Crippen LogP contribution in [0.5, 0.6) is 5.75 Å². The van der Waals surface area contributed by atoms with Crippen molar-refractivity contribution in [1.29, 1.82) is 0 Å². The standard InChI is InChI=1S/C18H17ClF3N3O3/c1-25(8-15(26)23-12-5-4-11(20)17(21)18(12)22)9-16(27)24-13-7-10(19)3-6-14(13)28-2/h3-7H,8-9H2,1-2H3,(H,23,26)(H,24,27). The number of benzene rings is 2. The number of hydrogen-bond acceptors (Lipinski definition) is 4. The minimum absolute atomic E-state index is 0.177. The number of hydrogen-bond donors (Lipinski definition) is 2. The number of carbonyl (C=O) groups is 2. The molecule has 2 aromatic carbocycles. The number of carbonyl (C=O) groups excluding carboxylic acids is 2. The predicted molar refractivity (Wildman–Crippen MR) is 99.1 cm³/mol. The number of nitrogens with one attached hydrogen (secondary N) is 2. The van der Waals surface area contributed by atoms with Crippen molar-refractivity contribution >= 4 is 34.8 Å². The highest BCUT2D eigenvalue weighted by Gasteiger charge is 2.17. The van der Waals surface area contributed by atoms with Gasteiger partial charge in [0, 0.05) is 5.02 Å². The molecule has 2 amide bonds. The summed E-state index contributed by atoms with van der Waals surface area (Å²) in [5.74, 6) is -5.29. The maximum atomic E-state index is 13.6. The van der Waals surface area contributed by atoms with E-state index in [-0.39, 0.29) is 13.1 Å². The van der Waals surface area contributed by atoms with E-state index in [1.54, 1.807) is 12.1 Å². The van der Waals surface area contributed by atoms with Crippen molar-refractivity contribution in [3.05, 3.63) is 52.8 Å². The van der Waals surface area contributed by atoms with Gasteiger partial charge in [-0.2, -0.15) is 0 Å². The summed E-state index contributed by atoms with van der Waals surface area (Å²) >= 11 is 5.89. The Bertz CT molecular complexity index is 896. The van der Waals surface area contributed by atoms with E-state index in [9.17, 15) is 22.8 Å². The SMILES string of the molecule is COc1ccc(Cl)cc1NC(=O)CN(C)CC(=O)Nc1ccc(F)c(F)c1F. The predicted octanol–water partition coefficient (Wildman–Crippen LogP) is 3.27. The van der Waals surface area contributed by atoms with E-state index < -0.39 is 35.0 Å². The first-order chi connectivity index (χ1) is 13.2.